The maximum atomic E-state index is 11.3. The summed E-state index contributed by atoms with van der Waals surface area (Å²) in [6, 6.07) is 9.31. The van der Waals surface area contributed by atoms with Crippen LogP contribution in [0.25, 0.3) is 0 Å². The van der Waals surface area contributed by atoms with Crippen molar-refractivity contribution >= 4 is 16.1 Å². The zero-order chi connectivity index (χ0) is 14.1. The van der Waals surface area contributed by atoms with E-state index in [1.165, 1.54) is 7.05 Å². The third kappa shape index (κ3) is 6.78. The Labute approximate surface area is 113 Å². The smallest absolute Gasteiger partial charge is 0.407 e. The molecule has 0 saturated carbocycles. The van der Waals surface area contributed by atoms with Crippen molar-refractivity contribution in [2.45, 2.75) is 13.0 Å². The van der Waals surface area contributed by atoms with E-state index in [1.54, 1.807) is 0 Å². The molecular formula is C12H18N2O4S. The Morgan fingerprint density at radius 1 is 1.26 bits per heavy atom. The zero-order valence-corrected chi connectivity index (χ0v) is 11.6. The van der Waals surface area contributed by atoms with Gasteiger partial charge in [0.05, 0.1) is 5.75 Å². The summed E-state index contributed by atoms with van der Waals surface area (Å²) >= 11 is 0. The standard InChI is InChI=1S/C12H18N2O4S/c1-13-19(16,17)9-5-8-14-12(15)18-10-11-6-3-2-4-7-11/h2-4,6-7,13H,5,8-10H2,1H3,(H,14,15). The molecule has 1 rings (SSSR count). The molecule has 6 nitrogen and oxygen atoms in total. The van der Waals surface area contributed by atoms with Crippen LogP contribution in [0.15, 0.2) is 30.3 Å². The van der Waals surface area contributed by atoms with Gasteiger partial charge < -0.3 is 10.1 Å². The molecule has 0 radical (unpaired) electrons. The second kappa shape index (κ2) is 7.75. The third-order valence-corrected chi connectivity index (χ3v) is 3.83. The fourth-order valence-electron chi connectivity index (χ4n) is 1.33. The molecule has 0 fully saturated rings. The topological polar surface area (TPSA) is 84.5 Å². The van der Waals surface area contributed by atoms with Gasteiger partial charge in [-0.05, 0) is 19.0 Å². The second-order valence-electron chi connectivity index (χ2n) is 3.87. The number of ether oxygens (including phenoxy) is 1. The van der Waals surface area contributed by atoms with Gasteiger partial charge in [0.1, 0.15) is 6.61 Å². The van der Waals surface area contributed by atoms with E-state index in [-0.39, 0.29) is 18.9 Å². The summed E-state index contributed by atoms with van der Waals surface area (Å²) in [6.45, 7) is 0.454. The van der Waals surface area contributed by atoms with Gasteiger partial charge in [0, 0.05) is 6.54 Å². The molecule has 2 N–H and O–H groups in total. The second-order valence-corrected chi connectivity index (χ2v) is 5.91. The Balaban J connectivity index is 2.15. The highest BCUT2D eigenvalue weighted by Gasteiger charge is 2.07. The summed E-state index contributed by atoms with van der Waals surface area (Å²) in [5, 5.41) is 2.50. The average Bonchev–Trinajstić information content (AvgIpc) is 2.42. The van der Waals surface area contributed by atoms with Crippen molar-refractivity contribution in [2.75, 3.05) is 19.3 Å². The molecule has 0 aromatic heterocycles. The summed E-state index contributed by atoms with van der Waals surface area (Å²) in [5.41, 5.74) is 0.899. The SMILES string of the molecule is CNS(=O)(=O)CCCNC(=O)OCc1ccccc1. The molecule has 1 amide bonds. The van der Waals surface area contributed by atoms with Gasteiger partial charge in [-0.1, -0.05) is 30.3 Å². The quantitative estimate of drug-likeness (QED) is 0.728. The van der Waals surface area contributed by atoms with Crippen LogP contribution in [0.5, 0.6) is 0 Å². The number of nitrogens with one attached hydrogen (secondary N) is 2. The molecule has 0 aliphatic rings. The Morgan fingerprint density at radius 2 is 1.95 bits per heavy atom. The van der Waals surface area contributed by atoms with E-state index in [0.29, 0.717) is 6.42 Å². The van der Waals surface area contributed by atoms with E-state index in [2.05, 4.69) is 10.0 Å². The lowest BCUT2D eigenvalue weighted by molar-refractivity contribution is 0.139. The van der Waals surface area contributed by atoms with Crippen molar-refractivity contribution in [3.63, 3.8) is 0 Å². The first kappa shape index (κ1) is 15.5. The number of benzene rings is 1. The summed E-state index contributed by atoms with van der Waals surface area (Å²) in [4.78, 5) is 11.3. The van der Waals surface area contributed by atoms with E-state index >= 15 is 0 Å². The zero-order valence-electron chi connectivity index (χ0n) is 10.8. The molecule has 7 heteroatoms. The molecule has 0 heterocycles. The molecule has 0 spiro atoms. The fraction of sp³-hybridized carbons (Fsp3) is 0.417. The monoisotopic (exact) mass is 286 g/mol. The first-order chi connectivity index (χ1) is 9.03. The third-order valence-electron chi connectivity index (χ3n) is 2.38. The van der Waals surface area contributed by atoms with Gasteiger partial charge in [-0.15, -0.1) is 0 Å². The van der Waals surface area contributed by atoms with Gasteiger partial charge in [0.2, 0.25) is 10.0 Å². The Kier molecular flexibility index (Phi) is 6.31. The molecule has 106 valence electrons. The molecule has 1 aromatic carbocycles. The van der Waals surface area contributed by atoms with Crippen LogP contribution >= 0.6 is 0 Å². The minimum absolute atomic E-state index is 0.0253. The van der Waals surface area contributed by atoms with Crippen molar-refractivity contribution < 1.29 is 17.9 Å². The van der Waals surface area contributed by atoms with Crippen LogP contribution in [-0.4, -0.2) is 33.9 Å². The number of sulfonamides is 1. The van der Waals surface area contributed by atoms with Crippen molar-refractivity contribution in [1.29, 1.82) is 0 Å². The van der Waals surface area contributed by atoms with E-state index in [1.807, 2.05) is 30.3 Å². The van der Waals surface area contributed by atoms with Crippen LogP contribution in [0.1, 0.15) is 12.0 Å². The average molecular weight is 286 g/mol. The van der Waals surface area contributed by atoms with Crippen LogP contribution < -0.4 is 10.0 Å². The van der Waals surface area contributed by atoms with Gasteiger partial charge in [0.25, 0.3) is 0 Å². The molecular weight excluding hydrogens is 268 g/mol. The Bertz CT molecular complexity index is 488. The van der Waals surface area contributed by atoms with Gasteiger partial charge in [-0.3, -0.25) is 0 Å². The highest BCUT2D eigenvalue weighted by molar-refractivity contribution is 7.89. The number of carbonyl (C=O) groups excluding carboxylic acids is 1. The summed E-state index contributed by atoms with van der Waals surface area (Å²) in [7, 11) is -1.86. The maximum Gasteiger partial charge on any atom is 0.407 e. The van der Waals surface area contributed by atoms with Crippen LogP contribution in [0.2, 0.25) is 0 Å². The maximum absolute atomic E-state index is 11.3. The number of hydrogen-bond acceptors (Lipinski definition) is 4. The molecule has 19 heavy (non-hydrogen) atoms. The first-order valence-corrected chi connectivity index (χ1v) is 7.54. The minimum Gasteiger partial charge on any atom is -0.445 e. The molecule has 0 aliphatic carbocycles. The summed E-state index contributed by atoms with van der Waals surface area (Å²) in [6.07, 6.45) is -0.213. The van der Waals surface area contributed by atoms with E-state index < -0.39 is 16.1 Å². The van der Waals surface area contributed by atoms with Gasteiger partial charge in [-0.2, -0.15) is 0 Å². The molecule has 1 aromatic rings. The molecule has 0 saturated heterocycles. The van der Waals surface area contributed by atoms with Crippen molar-refractivity contribution in [2.24, 2.45) is 0 Å². The normalized spacial score (nSPS) is 11.0. The fourth-order valence-corrected chi connectivity index (χ4v) is 2.06. The molecule has 0 atom stereocenters. The highest BCUT2D eigenvalue weighted by Crippen LogP contribution is 2.00. The lowest BCUT2D eigenvalue weighted by atomic mass is 10.2. The number of hydrogen-bond donors (Lipinski definition) is 2. The minimum atomic E-state index is -3.21. The van der Waals surface area contributed by atoms with E-state index in [9.17, 15) is 13.2 Å². The van der Waals surface area contributed by atoms with Crippen LogP contribution in [0.4, 0.5) is 4.79 Å². The molecule has 0 unspecified atom stereocenters. The first-order valence-electron chi connectivity index (χ1n) is 5.89. The lowest BCUT2D eigenvalue weighted by Gasteiger charge is -2.07. The van der Waals surface area contributed by atoms with Crippen molar-refractivity contribution in [3.8, 4) is 0 Å². The predicted molar refractivity (Wildman–Crippen MR) is 72.1 cm³/mol. The van der Waals surface area contributed by atoms with Gasteiger partial charge in [-0.25, -0.2) is 17.9 Å². The number of alkyl carbamates (subject to hydrolysis) is 1. The number of amides is 1. The van der Waals surface area contributed by atoms with Gasteiger partial charge in [0.15, 0.2) is 0 Å². The highest BCUT2D eigenvalue weighted by atomic mass is 32.2. The largest absolute Gasteiger partial charge is 0.445 e. The van der Waals surface area contributed by atoms with E-state index in [0.717, 1.165) is 5.56 Å². The van der Waals surface area contributed by atoms with Crippen molar-refractivity contribution in [3.05, 3.63) is 35.9 Å². The lowest BCUT2D eigenvalue weighted by Crippen LogP contribution is -2.28. The summed E-state index contributed by atoms with van der Waals surface area (Å²) in [5.74, 6) is -0.0253. The summed E-state index contributed by atoms with van der Waals surface area (Å²) < 4.78 is 29.4. The van der Waals surface area contributed by atoms with Gasteiger partial charge >= 0.3 is 6.09 Å². The molecule has 0 bridgehead atoms. The van der Waals surface area contributed by atoms with Crippen LogP contribution in [0.3, 0.4) is 0 Å². The van der Waals surface area contributed by atoms with E-state index in [4.69, 9.17) is 4.74 Å². The molecule has 0 aliphatic heterocycles. The number of rotatable bonds is 7. The van der Waals surface area contributed by atoms with Crippen LogP contribution in [0, 0.1) is 0 Å². The van der Waals surface area contributed by atoms with Crippen LogP contribution in [-0.2, 0) is 21.4 Å². The predicted octanol–water partition coefficient (Wildman–Crippen LogP) is 0.852. The number of carbonyl (C=O) groups is 1. The van der Waals surface area contributed by atoms with Crippen molar-refractivity contribution in [1.82, 2.24) is 10.0 Å². The Hall–Kier alpha value is -1.60. The Morgan fingerprint density at radius 3 is 2.58 bits per heavy atom.